The van der Waals surface area contributed by atoms with E-state index in [0.717, 1.165) is 0 Å². The summed E-state index contributed by atoms with van der Waals surface area (Å²) < 4.78 is 61.4. The van der Waals surface area contributed by atoms with Crippen molar-refractivity contribution in [1.82, 2.24) is 0 Å². The smallest absolute Gasteiger partial charge is 0.507 e. The third-order valence-electron chi connectivity index (χ3n) is 5.16. The lowest BCUT2D eigenvalue weighted by Gasteiger charge is -2.40. The van der Waals surface area contributed by atoms with Crippen molar-refractivity contribution in [2.75, 3.05) is 0 Å². The molecule has 0 saturated carbocycles. The third-order valence-corrected chi connectivity index (χ3v) is 31.0. The molecular formula is C29H67O9Si10. The zero-order chi connectivity index (χ0) is 38.0. The van der Waals surface area contributed by atoms with E-state index in [9.17, 15) is 0 Å². The van der Waals surface area contributed by atoms with Crippen molar-refractivity contribution in [3.05, 3.63) is 35.2 Å². The van der Waals surface area contributed by atoms with Gasteiger partial charge in [0, 0.05) is 19.6 Å². The summed E-state index contributed by atoms with van der Waals surface area (Å²) in [7, 11) is -18.5. The van der Waals surface area contributed by atoms with E-state index in [1.807, 2.05) is 43.9 Å². The molecule has 0 bridgehead atoms. The van der Waals surface area contributed by atoms with Crippen LogP contribution in [0.4, 0.5) is 0 Å². The van der Waals surface area contributed by atoms with E-state index < -0.39 is 76.3 Å². The van der Waals surface area contributed by atoms with Crippen molar-refractivity contribution < 1.29 is 38.0 Å². The van der Waals surface area contributed by atoms with Crippen molar-refractivity contribution in [2.24, 2.45) is 0 Å². The summed E-state index contributed by atoms with van der Waals surface area (Å²) in [6.45, 7) is 44.6. The minimum Gasteiger partial charge on any atom is -0.507 e. The van der Waals surface area contributed by atoms with Crippen LogP contribution in [0, 0.1) is 0 Å². The Morgan fingerprint density at radius 1 is 0.417 bits per heavy atom. The fourth-order valence-corrected chi connectivity index (χ4v) is 36.9. The highest BCUT2D eigenvalue weighted by Crippen LogP contribution is 2.37. The molecule has 0 saturated heterocycles. The molecule has 3 radical (unpaired) electrons. The third kappa shape index (κ3) is 19.2. The standard InChI is InChI=1S/C29H67O9Si10/c1-40(2,3)33-46(19,34-41(4,5)6)30-27-25-23-22-24-26(27)28(31-47(20,35-42(7,8)9)36-43(10,11)12)29(39)32-48(21,37-44(13,14)15)38-45(16,17)18/h22-25H,1-21H3. The van der Waals surface area contributed by atoms with Gasteiger partial charge in [-0.1, -0.05) is 12.1 Å². The van der Waals surface area contributed by atoms with Crippen LogP contribution in [0.25, 0.3) is 5.76 Å². The van der Waals surface area contributed by atoms with Gasteiger partial charge in [-0.15, -0.1) is 0 Å². The summed E-state index contributed by atoms with van der Waals surface area (Å²) in [6, 6.07) is 7.78. The first-order chi connectivity index (χ1) is 20.9. The Morgan fingerprint density at radius 3 is 1.04 bits per heavy atom. The van der Waals surface area contributed by atoms with Gasteiger partial charge in [-0.25, -0.2) is 0 Å². The van der Waals surface area contributed by atoms with Gasteiger partial charge in [-0.3, -0.25) is 0 Å². The van der Waals surface area contributed by atoms with Crippen molar-refractivity contribution in [2.45, 2.75) is 137 Å². The average molecular weight is 841 g/mol. The van der Waals surface area contributed by atoms with Crippen LogP contribution in [-0.4, -0.2) is 86.6 Å². The summed E-state index contributed by atoms with van der Waals surface area (Å²) in [6.07, 6.45) is 0. The summed E-state index contributed by atoms with van der Waals surface area (Å²) in [5.74, 6) is 0.970. The second-order valence-electron chi connectivity index (χ2n) is 18.3. The van der Waals surface area contributed by atoms with Gasteiger partial charge < -0.3 is 38.0 Å². The molecule has 0 spiro atoms. The van der Waals surface area contributed by atoms with E-state index in [1.165, 1.54) is 0 Å². The maximum Gasteiger partial charge on any atom is 0.541 e. The van der Waals surface area contributed by atoms with Gasteiger partial charge in [0.2, 0.25) is 0 Å². The minimum absolute atomic E-state index is 0.342. The van der Waals surface area contributed by atoms with E-state index in [0.29, 0.717) is 22.5 Å². The number of para-hydroxylation sites is 1. The molecule has 0 aromatic heterocycles. The molecule has 19 heteroatoms. The normalized spacial score (nSPS) is 15.3. The molecule has 1 rings (SSSR count). The Labute approximate surface area is 307 Å². The predicted molar refractivity (Wildman–Crippen MR) is 223 cm³/mol. The maximum atomic E-state index is 7.08. The van der Waals surface area contributed by atoms with Gasteiger partial charge in [0.05, 0.1) is 10.9 Å². The van der Waals surface area contributed by atoms with Gasteiger partial charge in [0.15, 0.2) is 49.9 Å². The molecule has 277 valence electrons. The molecule has 0 atom stereocenters. The second kappa shape index (κ2) is 16.1. The van der Waals surface area contributed by atoms with Gasteiger partial charge in [-0.2, -0.15) is 0 Å². The first-order valence-electron chi connectivity index (χ1n) is 16.8. The molecule has 0 heterocycles. The fourth-order valence-electron chi connectivity index (χ4n) is 5.11. The molecule has 0 aliphatic carbocycles. The Balaban J connectivity index is 4.13. The van der Waals surface area contributed by atoms with Crippen LogP contribution in [0.15, 0.2) is 29.6 Å². The van der Waals surface area contributed by atoms with Crippen LogP contribution in [0.1, 0.15) is 5.56 Å². The maximum absolute atomic E-state index is 7.08. The van der Waals surface area contributed by atoms with Crippen molar-refractivity contribution in [1.29, 1.82) is 0 Å². The van der Waals surface area contributed by atoms with E-state index in [2.05, 4.69) is 128 Å². The molecule has 0 aliphatic heterocycles. The molecule has 1 aromatic carbocycles. The van der Waals surface area contributed by atoms with Crippen molar-refractivity contribution in [3.63, 3.8) is 0 Å². The first-order valence-corrected chi connectivity index (χ1v) is 44.4. The molecular weight excluding hydrogens is 773 g/mol. The lowest BCUT2D eigenvalue weighted by molar-refractivity contribution is 0.213. The highest BCUT2D eigenvalue weighted by Gasteiger charge is 2.50. The Morgan fingerprint density at radius 2 is 0.708 bits per heavy atom. The quantitative estimate of drug-likeness (QED) is 0.1000. The fraction of sp³-hybridized carbons (Fsp3) is 0.724. The number of hydrogen-bond acceptors (Lipinski definition) is 9. The van der Waals surface area contributed by atoms with Gasteiger partial charge >= 0.3 is 26.4 Å². The zero-order valence-electron chi connectivity index (χ0n) is 34.0. The van der Waals surface area contributed by atoms with Gasteiger partial charge in [-0.05, 0) is 130 Å². The minimum atomic E-state index is -3.34. The molecule has 0 aliphatic rings. The zero-order valence-corrected chi connectivity index (χ0v) is 44.0. The van der Waals surface area contributed by atoms with Crippen LogP contribution in [0.2, 0.25) is 137 Å². The van der Waals surface area contributed by atoms with E-state index >= 15 is 0 Å². The van der Waals surface area contributed by atoms with Crippen LogP contribution in [-0.2, 0) is 33.5 Å². The van der Waals surface area contributed by atoms with Crippen LogP contribution in [0.3, 0.4) is 0 Å². The lowest BCUT2D eigenvalue weighted by Crippen LogP contribution is -2.57. The molecule has 1 aromatic rings. The summed E-state index contributed by atoms with van der Waals surface area (Å²) in [4.78, 5) is 0. The first kappa shape index (κ1) is 46.3. The number of hydrogen-bond donors (Lipinski definition) is 0. The van der Waals surface area contributed by atoms with E-state index in [1.54, 1.807) is 0 Å². The van der Waals surface area contributed by atoms with E-state index in [4.69, 9.17) is 38.0 Å². The van der Waals surface area contributed by atoms with Crippen LogP contribution < -0.4 is 4.43 Å². The molecule has 0 amide bonds. The van der Waals surface area contributed by atoms with Crippen LogP contribution in [0.5, 0.6) is 5.75 Å². The summed E-state index contributed by atoms with van der Waals surface area (Å²) in [5, 5.41) is 0.342. The summed E-state index contributed by atoms with van der Waals surface area (Å²) >= 11 is 0. The average Bonchev–Trinajstić information content (AvgIpc) is 2.69. The lowest BCUT2D eigenvalue weighted by atomic mass is 10.2. The molecule has 0 unspecified atom stereocenters. The SMILES string of the molecule is C[Si](C)(C)O[Si](C)(OC([Si])=C(O[Si](C)(O[Si](C)(C)C)O[Si](C)(C)C)c1ccccc1O[Si](C)(O[Si](C)(C)C)O[Si](C)(C)C)O[Si](C)(C)C. The molecule has 0 fully saturated rings. The molecule has 48 heavy (non-hydrogen) atoms. The predicted octanol–water partition coefficient (Wildman–Crippen LogP) is 9.71. The highest BCUT2D eigenvalue weighted by atomic mass is 28.5. The monoisotopic (exact) mass is 839 g/mol. The number of rotatable bonds is 19. The largest absolute Gasteiger partial charge is 0.541 e. The van der Waals surface area contributed by atoms with Crippen LogP contribution >= 0.6 is 0 Å². The van der Waals surface area contributed by atoms with E-state index in [-0.39, 0.29) is 0 Å². The summed E-state index contributed by atoms with van der Waals surface area (Å²) in [5.41, 5.74) is 0.661. The van der Waals surface area contributed by atoms with Crippen molar-refractivity contribution >= 4 is 92.3 Å². The molecule has 9 nitrogen and oxygen atoms in total. The second-order valence-corrected chi connectivity index (χ2v) is 54.8. The number of benzene rings is 1. The Hall–Kier alpha value is 0.289. The topological polar surface area (TPSA) is 83.1 Å². The van der Waals surface area contributed by atoms with Gasteiger partial charge in [0.25, 0.3) is 0 Å². The van der Waals surface area contributed by atoms with Crippen molar-refractivity contribution in [3.8, 4) is 5.75 Å². The molecule has 0 N–H and O–H groups in total. The Bertz CT molecular complexity index is 1190. The highest BCUT2D eigenvalue weighted by molar-refractivity contribution is 6.87. The van der Waals surface area contributed by atoms with Gasteiger partial charge in [0.1, 0.15) is 21.8 Å². The Kier molecular flexibility index (Phi) is 15.5.